The maximum Gasteiger partial charge on any atom is 0.223 e. The van der Waals surface area contributed by atoms with E-state index in [-0.39, 0.29) is 0 Å². The van der Waals surface area contributed by atoms with Gasteiger partial charge >= 0.3 is 0 Å². The molecule has 27 heavy (non-hydrogen) atoms. The van der Waals surface area contributed by atoms with E-state index in [1.807, 2.05) is 6.92 Å². The fourth-order valence-electron chi connectivity index (χ4n) is 4.25. The Morgan fingerprint density at radius 3 is 2.22 bits per heavy atom. The Hall–Kier alpha value is -1.92. The first-order valence-electron chi connectivity index (χ1n) is 10.3. The van der Waals surface area contributed by atoms with Crippen LogP contribution < -0.4 is 4.90 Å². The Balaban J connectivity index is 1.14. The number of hydrogen-bond acceptors (Lipinski definition) is 6. The highest BCUT2D eigenvalue weighted by Crippen LogP contribution is 2.21. The van der Waals surface area contributed by atoms with Crippen molar-refractivity contribution in [3.05, 3.63) is 42.0 Å². The van der Waals surface area contributed by atoms with Crippen LogP contribution in [0.15, 0.2) is 34.9 Å². The maximum atomic E-state index is 5.09. The van der Waals surface area contributed by atoms with Gasteiger partial charge in [0.2, 0.25) is 5.89 Å². The molecular weight excluding hydrogens is 338 g/mol. The van der Waals surface area contributed by atoms with Gasteiger partial charge in [-0.3, -0.25) is 4.90 Å². The number of nitrogens with zero attached hydrogens (tertiary/aromatic N) is 5. The van der Waals surface area contributed by atoms with Crippen LogP contribution in [0.5, 0.6) is 0 Å². The van der Waals surface area contributed by atoms with E-state index >= 15 is 0 Å². The summed E-state index contributed by atoms with van der Waals surface area (Å²) in [7, 11) is 0. The lowest BCUT2D eigenvalue weighted by molar-refractivity contribution is 0.151. The molecular formula is C21H31N5O. The van der Waals surface area contributed by atoms with E-state index in [0.717, 1.165) is 25.3 Å². The van der Waals surface area contributed by atoms with Crippen molar-refractivity contribution in [3.8, 4) is 0 Å². The Kier molecular flexibility index (Phi) is 6.04. The zero-order chi connectivity index (χ0) is 18.5. The third-order valence-electron chi connectivity index (χ3n) is 5.97. The summed E-state index contributed by atoms with van der Waals surface area (Å²) >= 11 is 0. The molecule has 0 unspecified atom stereocenters. The number of para-hydroxylation sites is 1. The molecule has 2 aliphatic rings. The smallest absolute Gasteiger partial charge is 0.223 e. The van der Waals surface area contributed by atoms with Gasteiger partial charge in [-0.1, -0.05) is 23.4 Å². The second kappa shape index (κ2) is 8.85. The summed E-state index contributed by atoms with van der Waals surface area (Å²) in [5.41, 5.74) is 1.36. The molecule has 0 atom stereocenters. The molecule has 2 fully saturated rings. The van der Waals surface area contributed by atoms with E-state index in [9.17, 15) is 0 Å². The second-order valence-electron chi connectivity index (χ2n) is 7.88. The fraction of sp³-hybridized carbons (Fsp3) is 0.619. The van der Waals surface area contributed by atoms with Crippen LogP contribution in [0.4, 0.5) is 5.69 Å². The number of aromatic nitrogens is 2. The molecule has 146 valence electrons. The molecule has 6 nitrogen and oxygen atoms in total. The molecule has 0 saturated carbocycles. The Morgan fingerprint density at radius 1 is 0.926 bits per heavy atom. The van der Waals surface area contributed by atoms with Gasteiger partial charge in [-0.05, 0) is 44.0 Å². The van der Waals surface area contributed by atoms with Crippen molar-refractivity contribution in [2.24, 2.45) is 5.92 Å². The molecule has 0 N–H and O–H groups in total. The van der Waals surface area contributed by atoms with Crippen molar-refractivity contribution in [3.63, 3.8) is 0 Å². The van der Waals surface area contributed by atoms with Crippen LogP contribution in [0.25, 0.3) is 0 Å². The summed E-state index contributed by atoms with van der Waals surface area (Å²) in [5, 5.41) is 4.04. The van der Waals surface area contributed by atoms with Crippen LogP contribution >= 0.6 is 0 Å². The number of piperidine rings is 1. The van der Waals surface area contributed by atoms with Crippen LogP contribution in [0.3, 0.4) is 0 Å². The standard InChI is InChI=1S/C21H31N5O/c1-18-22-21(23-27-18)17-19-7-9-24(10-8-19)11-12-25-13-15-26(16-14-25)20-5-3-2-4-6-20/h2-6,19H,7-17H2,1H3. The fourth-order valence-corrected chi connectivity index (χ4v) is 4.25. The van der Waals surface area contributed by atoms with E-state index in [0.29, 0.717) is 11.8 Å². The van der Waals surface area contributed by atoms with Crippen molar-refractivity contribution in [2.75, 3.05) is 57.3 Å². The molecule has 0 amide bonds. The predicted octanol–water partition coefficient (Wildman–Crippen LogP) is 2.45. The molecule has 1 aromatic heterocycles. The van der Waals surface area contributed by atoms with E-state index < -0.39 is 0 Å². The molecule has 2 saturated heterocycles. The Labute approximate surface area is 162 Å². The third kappa shape index (κ3) is 5.08. The third-order valence-corrected chi connectivity index (χ3v) is 5.97. The zero-order valence-electron chi connectivity index (χ0n) is 16.4. The molecule has 2 aromatic rings. The van der Waals surface area contributed by atoms with Gasteiger partial charge in [-0.2, -0.15) is 4.98 Å². The van der Waals surface area contributed by atoms with Gasteiger partial charge in [0.1, 0.15) is 0 Å². The average molecular weight is 370 g/mol. The molecule has 0 spiro atoms. The molecule has 0 aliphatic carbocycles. The number of aryl methyl sites for hydroxylation is 1. The van der Waals surface area contributed by atoms with Crippen molar-refractivity contribution in [2.45, 2.75) is 26.2 Å². The average Bonchev–Trinajstić information content (AvgIpc) is 3.13. The Morgan fingerprint density at radius 2 is 1.59 bits per heavy atom. The minimum absolute atomic E-state index is 0.676. The highest BCUT2D eigenvalue weighted by atomic mass is 16.5. The van der Waals surface area contributed by atoms with Crippen LogP contribution in [0.1, 0.15) is 24.6 Å². The molecule has 1 aromatic carbocycles. The zero-order valence-corrected chi connectivity index (χ0v) is 16.4. The molecule has 0 radical (unpaired) electrons. The van der Waals surface area contributed by atoms with Crippen molar-refractivity contribution in [1.82, 2.24) is 19.9 Å². The van der Waals surface area contributed by atoms with Crippen molar-refractivity contribution >= 4 is 5.69 Å². The number of piperazine rings is 1. The summed E-state index contributed by atoms with van der Waals surface area (Å²) in [4.78, 5) is 12.1. The molecule has 3 heterocycles. The number of anilines is 1. The van der Waals surface area contributed by atoms with Crippen LogP contribution in [0.2, 0.25) is 0 Å². The topological polar surface area (TPSA) is 48.6 Å². The minimum Gasteiger partial charge on any atom is -0.369 e. The van der Waals surface area contributed by atoms with Gasteiger partial charge in [0.15, 0.2) is 5.82 Å². The number of hydrogen-bond donors (Lipinski definition) is 0. The van der Waals surface area contributed by atoms with Crippen molar-refractivity contribution in [1.29, 1.82) is 0 Å². The van der Waals surface area contributed by atoms with E-state index in [4.69, 9.17) is 4.52 Å². The monoisotopic (exact) mass is 369 g/mol. The summed E-state index contributed by atoms with van der Waals surface area (Å²) in [6, 6.07) is 10.8. The lowest BCUT2D eigenvalue weighted by Gasteiger charge is -2.38. The summed E-state index contributed by atoms with van der Waals surface area (Å²) in [6.07, 6.45) is 3.46. The van der Waals surface area contributed by atoms with Crippen LogP contribution in [-0.2, 0) is 6.42 Å². The number of rotatable bonds is 6. The first-order chi connectivity index (χ1) is 13.3. The lowest BCUT2D eigenvalue weighted by Crippen LogP contribution is -2.49. The Bertz CT molecular complexity index is 688. The molecule has 2 aliphatic heterocycles. The summed E-state index contributed by atoms with van der Waals surface area (Å²) < 4.78 is 5.09. The summed E-state index contributed by atoms with van der Waals surface area (Å²) in [6.45, 7) is 11.3. The largest absolute Gasteiger partial charge is 0.369 e. The number of benzene rings is 1. The second-order valence-corrected chi connectivity index (χ2v) is 7.88. The highest BCUT2D eigenvalue weighted by Gasteiger charge is 2.22. The minimum atomic E-state index is 0.676. The van der Waals surface area contributed by atoms with Gasteiger partial charge in [-0.15, -0.1) is 0 Å². The molecule has 0 bridgehead atoms. The van der Waals surface area contributed by atoms with Crippen molar-refractivity contribution < 1.29 is 4.52 Å². The summed E-state index contributed by atoms with van der Waals surface area (Å²) in [5.74, 6) is 2.25. The van der Waals surface area contributed by atoms with Gasteiger partial charge in [-0.25, -0.2) is 0 Å². The maximum absolute atomic E-state index is 5.09. The van der Waals surface area contributed by atoms with Gasteiger partial charge < -0.3 is 14.3 Å². The van der Waals surface area contributed by atoms with Gasteiger partial charge in [0.25, 0.3) is 0 Å². The van der Waals surface area contributed by atoms with E-state index in [1.54, 1.807) is 0 Å². The van der Waals surface area contributed by atoms with Crippen LogP contribution in [0, 0.1) is 12.8 Å². The normalized spacial score (nSPS) is 20.3. The van der Waals surface area contributed by atoms with Gasteiger partial charge in [0, 0.05) is 58.3 Å². The van der Waals surface area contributed by atoms with Gasteiger partial charge in [0.05, 0.1) is 0 Å². The van der Waals surface area contributed by atoms with Crippen LogP contribution in [-0.4, -0.2) is 72.3 Å². The van der Waals surface area contributed by atoms with E-state index in [1.165, 1.54) is 57.8 Å². The highest BCUT2D eigenvalue weighted by molar-refractivity contribution is 5.46. The lowest BCUT2D eigenvalue weighted by atomic mass is 9.93. The predicted molar refractivity (Wildman–Crippen MR) is 107 cm³/mol. The quantitative estimate of drug-likeness (QED) is 0.780. The first kappa shape index (κ1) is 18.4. The molecule has 6 heteroatoms. The molecule has 4 rings (SSSR count). The first-order valence-corrected chi connectivity index (χ1v) is 10.3. The van der Waals surface area contributed by atoms with E-state index in [2.05, 4.69) is 55.2 Å². The number of likely N-dealkylation sites (tertiary alicyclic amines) is 1. The SMILES string of the molecule is Cc1nc(CC2CCN(CCN3CCN(c4ccccc4)CC3)CC2)no1.